The number of hydrogen-bond donors (Lipinski definition) is 21. The minimum Gasteiger partial charge on any atom is -0.394 e. The molecule has 29 atom stereocenters. The molecule has 2 amide bonds. The molecule has 21 N–H and O–H groups in total. The molecule has 0 bridgehead atoms. The van der Waals surface area contributed by atoms with Crippen LogP contribution in [0.15, 0.2) is 0 Å². The van der Waals surface area contributed by atoms with Crippen LogP contribution in [0.25, 0.3) is 0 Å². The van der Waals surface area contributed by atoms with Crippen molar-refractivity contribution in [2.24, 2.45) is 0 Å². The molecule has 5 aliphatic rings. The Morgan fingerprint density at radius 1 is 0.466 bits per heavy atom. The van der Waals surface area contributed by atoms with Crippen molar-refractivity contribution in [3.05, 3.63) is 0 Å². The number of nitrogens with one attached hydrogen (secondary N) is 2. The molecule has 0 aromatic rings. The first-order valence-electron chi connectivity index (χ1n) is 23.0. The third-order valence-electron chi connectivity index (χ3n) is 12.9. The van der Waals surface area contributed by atoms with E-state index >= 15 is 0 Å². The Kier molecular flexibility index (Phi) is 23.1. The van der Waals surface area contributed by atoms with Gasteiger partial charge in [0.05, 0.1) is 52.3 Å². The Balaban J connectivity index is 1.44. The zero-order valence-corrected chi connectivity index (χ0v) is 39.1. The predicted octanol–water partition coefficient (Wildman–Crippen LogP) is -14.2. The summed E-state index contributed by atoms with van der Waals surface area (Å²) in [5, 5.41) is 206. The van der Waals surface area contributed by atoms with Crippen LogP contribution in [0.3, 0.4) is 0 Å². The maximum Gasteiger partial charge on any atom is 0.217 e. The molecule has 33 nitrogen and oxygen atoms in total. The smallest absolute Gasteiger partial charge is 0.217 e. The van der Waals surface area contributed by atoms with Crippen LogP contribution in [-0.4, -0.2) is 333 Å². The van der Waals surface area contributed by atoms with Crippen molar-refractivity contribution in [1.82, 2.24) is 10.6 Å². The van der Waals surface area contributed by atoms with Gasteiger partial charge in [0.25, 0.3) is 0 Å². The van der Waals surface area contributed by atoms with Gasteiger partial charge in [-0.2, -0.15) is 0 Å². The monoisotopic (exact) mass is 1070 g/mol. The highest BCUT2D eigenvalue weighted by molar-refractivity contribution is 5.73. The molecule has 0 aliphatic carbocycles. The lowest BCUT2D eigenvalue weighted by Gasteiger charge is -2.49. The van der Waals surface area contributed by atoms with E-state index in [-0.39, 0.29) is 0 Å². The van der Waals surface area contributed by atoms with Crippen molar-refractivity contribution in [3.63, 3.8) is 0 Å². The van der Waals surface area contributed by atoms with E-state index in [0.717, 1.165) is 13.8 Å². The van der Waals surface area contributed by atoms with Gasteiger partial charge in [-0.3, -0.25) is 9.59 Å². The van der Waals surface area contributed by atoms with Gasteiger partial charge in [0.2, 0.25) is 11.8 Å². The fraction of sp³-hybridized carbons (Fsp3) is 0.950. The van der Waals surface area contributed by atoms with Gasteiger partial charge in [-0.05, 0) is 0 Å². The molecule has 5 rings (SSSR count). The third-order valence-corrected chi connectivity index (χ3v) is 12.9. The van der Waals surface area contributed by atoms with E-state index in [2.05, 4.69) is 10.6 Å². The van der Waals surface area contributed by atoms with Crippen LogP contribution in [0.4, 0.5) is 0 Å². The van der Waals surface area contributed by atoms with E-state index in [0.29, 0.717) is 0 Å². The Morgan fingerprint density at radius 3 is 1.36 bits per heavy atom. The molecule has 0 aromatic carbocycles. The molecule has 5 saturated heterocycles. The lowest BCUT2D eigenvalue weighted by atomic mass is 9.94. The summed E-state index contributed by atoms with van der Waals surface area (Å²) in [5.41, 5.74) is 0. The highest BCUT2D eigenvalue weighted by Gasteiger charge is 2.56. The van der Waals surface area contributed by atoms with Crippen LogP contribution in [0.5, 0.6) is 0 Å². The second-order valence-corrected chi connectivity index (χ2v) is 18.0. The molecule has 0 unspecified atom stereocenters. The Bertz CT molecular complexity index is 1700. The fourth-order valence-electron chi connectivity index (χ4n) is 8.80. The second-order valence-electron chi connectivity index (χ2n) is 18.0. The van der Waals surface area contributed by atoms with Gasteiger partial charge in [-0.25, -0.2) is 0 Å². The topological polar surface area (TPSA) is 535 Å². The largest absolute Gasteiger partial charge is 0.394 e. The maximum atomic E-state index is 12.5. The second kappa shape index (κ2) is 27.4. The average Bonchev–Trinajstić information content (AvgIpc) is 3.36. The first-order valence-corrected chi connectivity index (χ1v) is 23.0. The van der Waals surface area contributed by atoms with Gasteiger partial charge in [0.15, 0.2) is 31.5 Å². The third kappa shape index (κ3) is 14.1. The maximum absolute atomic E-state index is 12.5. The Labute approximate surface area is 414 Å². The van der Waals surface area contributed by atoms with E-state index in [4.69, 9.17) is 47.4 Å². The van der Waals surface area contributed by atoms with Crippen molar-refractivity contribution in [2.75, 3.05) is 46.2 Å². The summed E-state index contributed by atoms with van der Waals surface area (Å²) in [7, 11) is 0. The van der Waals surface area contributed by atoms with Gasteiger partial charge in [0.1, 0.15) is 140 Å². The highest BCUT2D eigenvalue weighted by Crippen LogP contribution is 2.35. The molecular weight excluding hydrogens is 1000 g/mol. The number of carbonyl (C=O) groups excluding carboxylic acids is 2. The Morgan fingerprint density at radius 2 is 0.890 bits per heavy atom. The van der Waals surface area contributed by atoms with Crippen molar-refractivity contribution < 1.29 is 154 Å². The molecule has 0 aromatic heterocycles. The molecule has 33 heteroatoms. The number of ether oxygens (including phenoxy) is 10. The average molecular weight is 1070 g/mol. The van der Waals surface area contributed by atoms with Gasteiger partial charge in [0, 0.05) is 13.8 Å². The van der Waals surface area contributed by atoms with Crippen LogP contribution in [0, 0.1) is 0 Å². The van der Waals surface area contributed by atoms with Crippen LogP contribution < -0.4 is 10.6 Å². The molecule has 0 saturated carbocycles. The Hall–Kier alpha value is -2.22. The summed E-state index contributed by atoms with van der Waals surface area (Å²) in [6.45, 7) is -4.89. The van der Waals surface area contributed by atoms with Gasteiger partial charge < -0.3 is 155 Å². The van der Waals surface area contributed by atoms with Gasteiger partial charge in [-0.1, -0.05) is 0 Å². The summed E-state index contributed by atoms with van der Waals surface area (Å²) < 4.78 is 56.8. The molecule has 5 aliphatic heterocycles. The summed E-state index contributed by atoms with van der Waals surface area (Å²) in [5.74, 6) is -1.62. The predicted molar refractivity (Wildman–Crippen MR) is 225 cm³/mol. The van der Waals surface area contributed by atoms with Crippen molar-refractivity contribution in [2.45, 2.75) is 192 Å². The molecule has 73 heavy (non-hydrogen) atoms. The van der Waals surface area contributed by atoms with E-state index in [9.17, 15) is 107 Å². The fourth-order valence-corrected chi connectivity index (χ4v) is 8.80. The van der Waals surface area contributed by atoms with Gasteiger partial charge in [-0.15, -0.1) is 0 Å². The molecule has 0 radical (unpaired) electrons. The van der Waals surface area contributed by atoms with Crippen LogP contribution >= 0.6 is 0 Å². The number of rotatable bonds is 22. The first kappa shape index (κ1) is 61.6. The molecular formula is C40H70N2O31. The van der Waals surface area contributed by atoms with E-state index < -0.39 is 236 Å². The number of aliphatic hydroxyl groups is 19. The molecule has 5 fully saturated rings. The van der Waals surface area contributed by atoms with Gasteiger partial charge >= 0.3 is 0 Å². The zero-order chi connectivity index (χ0) is 54.3. The minimum absolute atomic E-state index is 0.742. The quantitative estimate of drug-likeness (QED) is 0.0479. The zero-order valence-electron chi connectivity index (χ0n) is 39.1. The SMILES string of the molecule is CC(=O)N[C@H]1[C@H](O[C@@H]([C@H](O)[C@H](CO)NC(C)=O)[C@H](O)CO)O[C@H](CO)[C@@H](O[C@@H]2O[C@H](CO[C@H]3O[C@H](CO)[C@@H](O)[C@H](O[C@H]4O[C@H](CO)[C@@H](O)[C@H](O)[C@@H]4O)[C@@H]3O)[C@@H](O)[C@H](O[C@H]3O[C@H](CO)[C@@H](O)[C@H](O)[C@@H]3O)[C@@H]2O)[C@@H]1O. The van der Waals surface area contributed by atoms with Crippen molar-refractivity contribution in [1.29, 1.82) is 0 Å². The summed E-state index contributed by atoms with van der Waals surface area (Å²) in [6, 6.07) is -3.35. The minimum atomic E-state index is -2.29. The van der Waals surface area contributed by atoms with E-state index in [1.54, 1.807) is 0 Å². The first-order chi connectivity index (χ1) is 34.5. The number of amides is 2. The van der Waals surface area contributed by atoms with E-state index in [1.807, 2.05) is 0 Å². The van der Waals surface area contributed by atoms with Crippen LogP contribution in [0.2, 0.25) is 0 Å². The molecule has 426 valence electrons. The van der Waals surface area contributed by atoms with Crippen molar-refractivity contribution >= 4 is 11.8 Å². The number of carbonyl (C=O) groups is 2. The normalized spacial score (nSPS) is 45.2. The van der Waals surface area contributed by atoms with Crippen LogP contribution in [0.1, 0.15) is 13.8 Å². The number of aliphatic hydroxyl groups excluding tert-OH is 19. The highest BCUT2D eigenvalue weighted by atomic mass is 16.8. The van der Waals surface area contributed by atoms with E-state index in [1.165, 1.54) is 0 Å². The summed E-state index contributed by atoms with van der Waals surface area (Å²) >= 11 is 0. The molecule has 5 heterocycles. The van der Waals surface area contributed by atoms with Crippen molar-refractivity contribution in [3.8, 4) is 0 Å². The standard InChI is InChI=1S/C40H70N2O31/c1-10(49)41-12(3-43)20(52)32(13(51)4-44)70-36-19(42-11(2)50)25(57)33(17(8-48)68-36)71-40-31(63)35(73-39-29(61)27(59)22(54)15(6-46)67-39)24(56)18(69-40)9-64-37-30(62)34(23(55)16(7-47)65-37)72-38-28(60)26(58)21(53)14(5-45)66-38/h12-40,43-48,51-63H,3-9H2,1-2H3,(H,41,49)(H,42,50)/t12-,13+,14+,15+,16+,17+,18+,19+,20+,21+,22+,23+,24+,25+,26-,27-,28-,29-,30-,31-,32+,33+,34-,35-,36-,37-,38+,39+,40-/m0/s1. The van der Waals surface area contributed by atoms with Crippen LogP contribution in [-0.2, 0) is 57.0 Å². The summed E-state index contributed by atoms with van der Waals surface area (Å²) in [4.78, 5) is 24.3. The molecule has 0 spiro atoms. The summed E-state index contributed by atoms with van der Waals surface area (Å²) in [6.07, 6.45) is -53.0. The lowest BCUT2D eigenvalue weighted by Crippen LogP contribution is -2.69. The number of hydrogen-bond acceptors (Lipinski definition) is 31. The lowest BCUT2D eigenvalue weighted by molar-refractivity contribution is -0.385.